The number of anilines is 1. The molecule has 2 atom stereocenters. The maximum absolute atomic E-state index is 12.1. The second-order valence-corrected chi connectivity index (χ2v) is 5.34. The van der Waals surface area contributed by atoms with Gasteiger partial charge in [-0.25, -0.2) is 0 Å². The molecule has 7 heteroatoms. The Bertz CT molecular complexity index is 500. The summed E-state index contributed by atoms with van der Waals surface area (Å²) in [4.78, 5) is 25.4. The fraction of sp³-hybridized carbons (Fsp3) is 0.615. The van der Waals surface area contributed by atoms with Crippen molar-refractivity contribution in [3.63, 3.8) is 0 Å². The molecule has 0 radical (unpaired) electrons. The summed E-state index contributed by atoms with van der Waals surface area (Å²) >= 11 is 0. The minimum atomic E-state index is -0.295. The van der Waals surface area contributed by atoms with E-state index in [4.69, 9.17) is 10.3 Å². The Morgan fingerprint density at radius 3 is 2.85 bits per heavy atom. The first-order chi connectivity index (χ1) is 9.45. The molecule has 1 aliphatic rings. The van der Waals surface area contributed by atoms with Crippen molar-refractivity contribution in [2.75, 3.05) is 18.9 Å². The minimum absolute atomic E-state index is 0.00349. The molecule has 3 N–H and O–H groups in total. The number of nitrogens with one attached hydrogen (secondary N) is 1. The number of rotatable bonds is 4. The lowest BCUT2D eigenvalue weighted by atomic mass is 10.1. The second kappa shape index (κ2) is 6.04. The zero-order chi connectivity index (χ0) is 14.7. The van der Waals surface area contributed by atoms with E-state index >= 15 is 0 Å². The molecule has 1 aromatic rings. The standard InChI is InChI=1S/C13H20N4O3/c1-8-5-11(16-20-8)15-12(18)7-17(2)13(19)9-3-4-10(14)6-9/h5,9-10H,3-4,6-7,14H2,1-2H3,(H,15,16,18). The summed E-state index contributed by atoms with van der Waals surface area (Å²) in [5, 5.41) is 6.25. The topological polar surface area (TPSA) is 101 Å². The first-order valence-corrected chi connectivity index (χ1v) is 6.69. The van der Waals surface area contributed by atoms with Crippen molar-refractivity contribution >= 4 is 17.6 Å². The highest BCUT2D eigenvalue weighted by Gasteiger charge is 2.30. The van der Waals surface area contributed by atoms with E-state index < -0.39 is 0 Å². The minimum Gasteiger partial charge on any atom is -0.360 e. The number of aromatic nitrogens is 1. The smallest absolute Gasteiger partial charge is 0.245 e. The molecule has 0 bridgehead atoms. The lowest BCUT2D eigenvalue weighted by molar-refractivity contribution is -0.136. The van der Waals surface area contributed by atoms with Crippen molar-refractivity contribution in [2.45, 2.75) is 32.2 Å². The Morgan fingerprint density at radius 1 is 1.55 bits per heavy atom. The molecular weight excluding hydrogens is 260 g/mol. The first-order valence-electron chi connectivity index (χ1n) is 6.69. The Hall–Kier alpha value is -1.89. The van der Waals surface area contributed by atoms with Gasteiger partial charge in [0.05, 0.1) is 6.54 Å². The quantitative estimate of drug-likeness (QED) is 0.836. The van der Waals surface area contributed by atoms with E-state index in [9.17, 15) is 9.59 Å². The van der Waals surface area contributed by atoms with Crippen molar-refractivity contribution < 1.29 is 14.1 Å². The number of carbonyl (C=O) groups is 2. The predicted molar refractivity (Wildman–Crippen MR) is 72.8 cm³/mol. The summed E-state index contributed by atoms with van der Waals surface area (Å²) in [6.07, 6.45) is 2.37. The fourth-order valence-electron chi connectivity index (χ4n) is 2.45. The van der Waals surface area contributed by atoms with Crippen LogP contribution in [0.4, 0.5) is 5.82 Å². The number of carbonyl (C=O) groups excluding carboxylic acids is 2. The Balaban J connectivity index is 1.82. The molecule has 2 amide bonds. The summed E-state index contributed by atoms with van der Waals surface area (Å²) in [7, 11) is 1.62. The maximum atomic E-state index is 12.1. The molecule has 1 heterocycles. The van der Waals surface area contributed by atoms with Crippen LogP contribution < -0.4 is 11.1 Å². The number of amides is 2. The van der Waals surface area contributed by atoms with E-state index in [0.29, 0.717) is 18.0 Å². The van der Waals surface area contributed by atoms with Crippen molar-refractivity contribution in [1.29, 1.82) is 0 Å². The number of aryl methyl sites for hydroxylation is 1. The highest BCUT2D eigenvalue weighted by Crippen LogP contribution is 2.25. The molecule has 0 aromatic carbocycles. The summed E-state index contributed by atoms with van der Waals surface area (Å²) in [6.45, 7) is 1.73. The van der Waals surface area contributed by atoms with Crippen LogP contribution in [0.2, 0.25) is 0 Å². The maximum Gasteiger partial charge on any atom is 0.245 e. The average Bonchev–Trinajstić information content (AvgIpc) is 2.97. The van der Waals surface area contributed by atoms with Gasteiger partial charge in [-0.15, -0.1) is 0 Å². The lowest BCUT2D eigenvalue weighted by Crippen LogP contribution is -2.38. The molecule has 2 rings (SSSR count). The van der Waals surface area contributed by atoms with Crippen molar-refractivity contribution in [1.82, 2.24) is 10.1 Å². The van der Waals surface area contributed by atoms with Crippen LogP contribution in [0, 0.1) is 12.8 Å². The highest BCUT2D eigenvalue weighted by molar-refractivity contribution is 5.94. The number of hydrogen-bond acceptors (Lipinski definition) is 5. The molecule has 2 unspecified atom stereocenters. The van der Waals surface area contributed by atoms with Gasteiger partial charge in [0, 0.05) is 25.1 Å². The SMILES string of the molecule is Cc1cc(NC(=O)CN(C)C(=O)C2CCC(N)C2)no1. The third-order valence-electron chi connectivity index (χ3n) is 3.47. The van der Waals surface area contributed by atoms with Crippen LogP contribution in [-0.4, -0.2) is 41.5 Å². The number of hydrogen-bond donors (Lipinski definition) is 2. The molecule has 110 valence electrons. The van der Waals surface area contributed by atoms with Gasteiger partial charge in [-0.05, 0) is 26.2 Å². The van der Waals surface area contributed by atoms with Crippen LogP contribution in [-0.2, 0) is 9.59 Å². The van der Waals surface area contributed by atoms with Crippen LogP contribution in [0.25, 0.3) is 0 Å². The predicted octanol–water partition coefficient (Wildman–Crippen LogP) is 0.507. The first kappa shape index (κ1) is 14.5. The molecule has 0 spiro atoms. The zero-order valence-electron chi connectivity index (χ0n) is 11.8. The van der Waals surface area contributed by atoms with Gasteiger partial charge in [-0.2, -0.15) is 0 Å². The van der Waals surface area contributed by atoms with E-state index in [2.05, 4.69) is 10.5 Å². The molecule has 20 heavy (non-hydrogen) atoms. The van der Waals surface area contributed by atoms with Crippen molar-refractivity contribution in [3.8, 4) is 0 Å². The molecule has 1 fully saturated rings. The fourth-order valence-corrected chi connectivity index (χ4v) is 2.45. The van der Waals surface area contributed by atoms with E-state index in [1.54, 1.807) is 20.0 Å². The van der Waals surface area contributed by atoms with Gasteiger partial charge >= 0.3 is 0 Å². The third-order valence-corrected chi connectivity index (χ3v) is 3.47. The van der Waals surface area contributed by atoms with Gasteiger partial charge in [-0.3, -0.25) is 9.59 Å². The van der Waals surface area contributed by atoms with Gasteiger partial charge in [0.15, 0.2) is 5.82 Å². The molecule has 1 aliphatic carbocycles. The summed E-state index contributed by atoms with van der Waals surface area (Å²) < 4.78 is 4.85. The Kier molecular flexibility index (Phi) is 4.39. The van der Waals surface area contributed by atoms with E-state index in [1.807, 2.05) is 0 Å². The van der Waals surface area contributed by atoms with Crippen LogP contribution in [0.3, 0.4) is 0 Å². The van der Waals surface area contributed by atoms with E-state index in [0.717, 1.165) is 12.8 Å². The van der Waals surface area contributed by atoms with Crippen molar-refractivity contribution in [3.05, 3.63) is 11.8 Å². The van der Waals surface area contributed by atoms with Gasteiger partial charge in [-0.1, -0.05) is 5.16 Å². The van der Waals surface area contributed by atoms with Crippen LogP contribution in [0.15, 0.2) is 10.6 Å². The molecule has 1 saturated carbocycles. The van der Waals surface area contributed by atoms with Crippen LogP contribution >= 0.6 is 0 Å². The second-order valence-electron chi connectivity index (χ2n) is 5.34. The molecule has 7 nitrogen and oxygen atoms in total. The van der Waals surface area contributed by atoms with Crippen molar-refractivity contribution in [2.24, 2.45) is 11.7 Å². The molecular formula is C13H20N4O3. The summed E-state index contributed by atoms with van der Waals surface area (Å²) in [5.41, 5.74) is 5.80. The molecule has 0 aliphatic heterocycles. The normalized spacial score (nSPS) is 21.8. The highest BCUT2D eigenvalue weighted by atomic mass is 16.5. The number of likely N-dealkylation sites (N-methyl/N-ethyl adjacent to an activating group) is 1. The average molecular weight is 280 g/mol. The van der Waals surface area contributed by atoms with Gasteiger partial charge in [0.1, 0.15) is 5.76 Å². The summed E-state index contributed by atoms with van der Waals surface area (Å²) in [5.74, 6) is 0.596. The third kappa shape index (κ3) is 3.57. The Labute approximate surface area is 117 Å². The largest absolute Gasteiger partial charge is 0.360 e. The van der Waals surface area contributed by atoms with E-state index in [-0.39, 0.29) is 30.3 Å². The van der Waals surface area contributed by atoms with Crippen LogP contribution in [0.1, 0.15) is 25.0 Å². The van der Waals surface area contributed by atoms with Crippen LogP contribution in [0.5, 0.6) is 0 Å². The van der Waals surface area contributed by atoms with E-state index in [1.165, 1.54) is 4.90 Å². The van der Waals surface area contributed by atoms with Gasteiger partial charge in [0.2, 0.25) is 11.8 Å². The number of nitrogens with two attached hydrogens (primary N) is 1. The van der Waals surface area contributed by atoms with Gasteiger partial charge in [0.25, 0.3) is 0 Å². The molecule has 0 saturated heterocycles. The van der Waals surface area contributed by atoms with Gasteiger partial charge < -0.3 is 20.5 Å². The lowest BCUT2D eigenvalue weighted by Gasteiger charge is -2.20. The summed E-state index contributed by atoms with van der Waals surface area (Å²) in [6, 6.07) is 1.72. The molecule has 1 aromatic heterocycles. The monoisotopic (exact) mass is 280 g/mol. The zero-order valence-corrected chi connectivity index (χ0v) is 11.8. The Morgan fingerprint density at radius 2 is 2.30 bits per heavy atom. The number of nitrogens with zero attached hydrogens (tertiary/aromatic N) is 2.